The van der Waals surface area contributed by atoms with Gasteiger partial charge < -0.3 is 9.64 Å². The van der Waals surface area contributed by atoms with Crippen molar-refractivity contribution in [1.82, 2.24) is 5.43 Å². The van der Waals surface area contributed by atoms with Crippen molar-refractivity contribution in [3.8, 4) is 5.75 Å². The third kappa shape index (κ3) is 3.75. The molecule has 1 N–H and O–H groups in total. The molecule has 1 heterocycles. The summed E-state index contributed by atoms with van der Waals surface area (Å²) in [4.78, 5) is 14.9. The summed E-state index contributed by atoms with van der Waals surface area (Å²) < 4.78 is 5.54. The molecule has 0 aromatic heterocycles. The van der Waals surface area contributed by atoms with Gasteiger partial charge in [-0.05, 0) is 43.0 Å². The number of amides is 1. The number of allylic oxidation sites excluding steroid dienone is 2. The maximum Gasteiger partial charge on any atom is 0.275 e. The lowest BCUT2D eigenvalue weighted by Gasteiger charge is -2.25. The Balaban J connectivity index is 1.61. The topological polar surface area (TPSA) is 53.9 Å². The van der Waals surface area contributed by atoms with Gasteiger partial charge in [-0.25, -0.2) is 5.43 Å². The molecule has 0 radical (unpaired) electrons. The molecule has 5 nitrogen and oxygen atoms in total. The Labute approximate surface area is 189 Å². The van der Waals surface area contributed by atoms with E-state index >= 15 is 0 Å². The number of hydrogen-bond donors (Lipinski definition) is 1. The predicted octanol–water partition coefficient (Wildman–Crippen LogP) is 5.66. The van der Waals surface area contributed by atoms with Gasteiger partial charge in [0.25, 0.3) is 5.91 Å². The Hall–Kier alpha value is -3.60. The molecule has 32 heavy (non-hydrogen) atoms. The molecular weight excluding hydrogens is 398 g/mol. The minimum absolute atomic E-state index is 0.174. The monoisotopic (exact) mass is 427 g/mol. The number of ether oxygens (including phenoxy) is 1. The Morgan fingerprint density at radius 2 is 1.81 bits per heavy atom. The molecule has 0 saturated heterocycles. The molecule has 0 atom stereocenters. The molecule has 0 aliphatic carbocycles. The van der Waals surface area contributed by atoms with E-state index in [4.69, 9.17) is 4.74 Å². The average Bonchev–Trinajstić information content (AvgIpc) is 3.03. The summed E-state index contributed by atoms with van der Waals surface area (Å²) in [5.74, 6) is 0.258. The highest BCUT2D eigenvalue weighted by molar-refractivity contribution is 6.00. The number of para-hydroxylation sites is 1. The quantitative estimate of drug-likeness (QED) is 0.408. The fourth-order valence-electron chi connectivity index (χ4n) is 4.47. The molecule has 0 saturated carbocycles. The lowest BCUT2D eigenvalue weighted by atomic mass is 9.83. The highest BCUT2D eigenvalue weighted by Gasteiger charge is 2.40. The molecule has 1 aliphatic heterocycles. The molecule has 164 valence electrons. The van der Waals surface area contributed by atoms with Crippen molar-refractivity contribution in [1.29, 1.82) is 0 Å². The van der Waals surface area contributed by atoms with Crippen LogP contribution in [0.2, 0.25) is 0 Å². The maximum absolute atomic E-state index is 12.6. The van der Waals surface area contributed by atoms with E-state index in [-0.39, 0.29) is 11.3 Å². The van der Waals surface area contributed by atoms with Crippen LogP contribution >= 0.6 is 0 Å². The smallest absolute Gasteiger partial charge is 0.275 e. The highest BCUT2D eigenvalue weighted by Crippen LogP contribution is 2.50. The maximum atomic E-state index is 12.6. The first-order valence-corrected chi connectivity index (χ1v) is 11.0. The first kappa shape index (κ1) is 21.6. The number of anilines is 1. The molecule has 0 spiro atoms. The lowest BCUT2D eigenvalue weighted by Crippen LogP contribution is -2.26. The Morgan fingerprint density at radius 3 is 2.59 bits per heavy atom. The number of fused-ring (bicyclic) bond motifs is 3. The average molecular weight is 428 g/mol. The van der Waals surface area contributed by atoms with Crippen molar-refractivity contribution >= 4 is 28.6 Å². The van der Waals surface area contributed by atoms with E-state index in [0.717, 1.165) is 12.2 Å². The van der Waals surface area contributed by atoms with Crippen LogP contribution in [0.25, 0.3) is 10.8 Å². The molecular formula is C27H29N3O2. The van der Waals surface area contributed by atoms with E-state index in [1.54, 1.807) is 18.3 Å². The van der Waals surface area contributed by atoms with Crippen LogP contribution in [-0.4, -0.2) is 25.3 Å². The van der Waals surface area contributed by atoms with Crippen LogP contribution in [0.3, 0.4) is 0 Å². The molecule has 0 fully saturated rings. The zero-order valence-corrected chi connectivity index (χ0v) is 19.1. The van der Waals surface area contributed by atoms with Gasteiger partial charge in [0, 0.05) is 29.3 Å². The second kappa shape index (κ2) is 8.87. The minimum atomic E-state index is -0.295. The molecule has 1 amide bonds. The molecule has 3 aromatic rings. The fraction of sp³-hybridized carbons (Fsp3) is 0.259. The van der Waals surface area contributed by atoms with Crippen LogP contribution < -0.4 is 15.1 Å². The Bertz CT molecular complexity index is 1210. The van der Waals surface area contributed by atoms with Gasteiger partial charge in [0.15, 0.2) is 0 Å². The van der Waals surface area contributed by atoms with Crippen molar-refractivity contribution < 1.29 is 9.53 Å². The lowest BCUT2D eigenvalue weighted by molar-refractivity contribution is 0.0951. The second-order valence-electron chi connectivity index (χ2n) is 8.25. The number of rotatable bonds is 6. The van der Waals surface area contributed by atoms with Gasteiger partial charge in [-0.2, -0.15) is 5.10 Å². The SMILES string of the molecule is CCOc1ccccc1C(=O)NN=CC=C1N(CC)c2c(ccc3ccccc23)C1(C)C. The molecule has 4 rings (SSSR count). The van der Waals surface area contributed by atoms with E-state index in [9.17, 15) is 4.79 Å². The van der Waals surface area contributed by atoms with Crippen LogP contribution in [-0.2, 0) is 5.41 Å². The number of benzene rings is 3. The number of carbonyl (C=O) groups excluding carboxylic acids is 1. The number of likely N-dealkylation sites (N-methyl/N-ethyl adjacent to an activating group) is 1. The summed E-state index contributed by atoms with van der Waals surface area (Å²) in [6, 6.07) is 20.1. The third-order valence-electron chi connectivity index (χ3n) is 6.00. The van der Waals surface area contributed by atoms with Gasteiger partial charge >= 0.3 is 0 Å². The largest absolute Gasteiger partial charge is 0.493 e. The van der Waals surface area contributed by atoms with Crippen LogP contribution in [0.1, 0.15) is 43.6 Å². The van der Waals surface area contributed by atoms with E-state index in [0.29, 0.717) is 17.9 Å². The van der Waals surface area contributed by atoms with Gasteiger partial charge in [0.1, 0.15) is 5.75 Å². The van der Waals surface area contributed by atoms with E-state index in [1.807, 2.05) is 25.1 Å². The number of hydrogen-bond acceptors (Lipinski definition) is 4. The summed E-state index contributed by atoms with van der Waals surface area (Å²) in [7, 11) is 0. The van der Waals surface area contributed by atoms with Gasteiger partial charge in [-0.15, -0.1) is 0 Å². The molecule has 1 aliphatic rings. The van der Waals surface area contributed by atoms with Gasteiger partial charge in [0.05, 0.1) is 17.9 Å². The first-order chi connectivity index (χ1) is 15.5. The van der Waals surface area contributed by atoms with Crippen LogP contribution in [0, 0.1) is 0 Å². The second-order valence-corrected chi connectivity index (χ2v) is 8.25. The van der Waals surface area contributed by atoms with E-state index in [1.165, 1.54) is 22.0 Å². The molecule has 0 unspecified atom stereocenters. The van der Waals surface area contributed by atoms with Gasteiger partial charge in [-0.1, -0.05) is 62.4 Å². The predicted molar refractivity (Wildman–Crippen MR) is 132 cm³/mol. The normalized spacial score (nSPS) is 16.0. The summed E-state index contributed by atoms with van der Waals surface area (Å²) in [5, 5.41) is 6.67. The standard InChI is InChI=1S/C27H29N3O2/c1-5-30-24(17-18-28-29-26(31)21-13-9-10-14-23(21)32-6-2)27(3,4)22-16-15-19-11-7-8-12-20(19)25(22)30/h7-18H,5-6H2,1-4H3,(H,29,31). The Kier molecular flexibility index (Phi) is 5.99. The molecule has 5 heteroatoms. The Morgan fingerprint density at radius 1 is 1.06 bits per heavy atom. The van der Waals surface area contributed by atoms with Crippen LogP contribution in [0.4, 0.5) is 5.69 Å². The van der Waals surface area contributed by atoms with Crippen LogP contribution in [0.5, 0.6) is 5.75 Å². The summed E-state index contributed by atoms with van der Waals surface area (Å²) in [6.07, 6.45) is 3.65. The molecule has 0 bridgehead atoms. The van der Waals surface area contributed by atoms with Crippen molar-refractivity contribution in [2.45, 2.75) is 33.1 Å². The van der Waals surface area contributed by atoms with Crippen molar-refractivity contribution in [2.24, 2.45) is 5.10 Å². The van der Waals surface area contributed by atoms with Crippen LogP contribution in [0.15, 0.2) is 77.5 Å². The van der Waals surface area contributed by atoms with Crippen molar-refractivity contribution in [2.75, 3.05) is 18.1 Å². The zero-order chi connectivity index (χ0) is 22.7. The summed E-state index contributed by atoms with van der Waals surface area (Å²) >= 11 is 0. The van der Waals surface area contributed by atoms with Gasteiger partial charge in [-0.3, -0.25) is 4.79 Å². The summed E-state index contributed by atoms with van der Waals surface area (Å²) in [6.45, 7) is 9.85. The highest BCUT2D eigenvalue weighted by atomic mass is 16.5. The number of nitrogens with zero attached hydrogens (tertiary/aromatic N) is 2. The minimum Gasteiger partial charge on any atom is -0.493 e. The number of carbonyl (C=O) groups is 1. The number of nitrogens with one attached hydrogen (secondary N) is 1. The van der Waals surface area contributed by atoms with Crippen molar-refractivity contribution in [3.63, 3.8) is 0 Å². The van der Waals surface area contributed by atoms with E-state index in [2.05, 4.69) is 72.6 Å². The molecule has 3 aromatic carbocycles. The first-order valence-electron chi connectivity index (χ1n) is 11.0. The summed E-state index contributed by atoms with van der Waals surface area (Å²) in [5.41, 5.74) is 6.62. The van der Waals surface area contributed by atoms with Gasteiger partial charge in [0.2, 0.25) is 0 Å². The number of hydrazone groups is 1. The fourth-order valence-corrected chi connectivity index (χ4v) is 4.47. The third-order valence-corrected chi connectivity index (χ3v) is 6.00. The van der Waals surface area contributed by atoms with E-state index < -0.39 is 0 Å². The van der Waals surface area contributed by atoms with Crippen molar-refractivity contribution in [3.05, 3.63) is 83.6 Å². The zero-order valence-electron chi connectivity index (χ0n) is 19.1.